The molecule has 0 bridgehead atoms. The molecule has 2 aliphatic rings. The molecule has 5 nitrogen and oxygen atoms in total. The van der Waals surface area contributed by atoms with Gasteiger partial charge in [-0.15, -0.1) is 0 Å². The Kier molecular flexibility index (Phi) is 5.66. The van der Waals surface area contributed by atoms with Crippen molar-refractivity contribution in [3.63, 3.8) is 0 Å². The van der Waals surface area contributed by atoms with Crippen LogP contribution < -0.4 is 0 Å². The molecule has 2 fully saturated rings. The summed E-state index contributed by atoms with van der Waals surface area (Å²) in [7, 11) is 1.62. The maximum absolute atomic E-state index is 13.8. The Balaban J connectivity index is 1.59. The maximum atomic E-state index is 13.8. The van der Waals surface area contributed by atoms with E-state index in [-0.39, 0.29) is 5.91 Å². The molecule has 1 aromatic rings. The van der Waals surface area contributed by atoms with E-state index in [1.807, 2.05) is 4.90 Å². The van der Waals surface area contributed by atoms with Crippen molar-refractivity contribution in [2.24, 2.45) is 0 Å². The molecule has 2 heterocycles. The number of nitrogens with zero attached hydrogens (tertiary/aromatic N) is 2. The molecule has 0 aromatic heterocycles. The third-order valence-corrected chi connectivity index (χ3v) is 5.05. The van der Waals surface area contributed by atoms with Crippen LogP contribution in [0.15, 0.2) is 18.2 Å². The van der Waals surface area contributed by atoms with Crippen molar-refractivity contribution in [1.29, 1.82) is 0 Å². The minimum atomic E-state index is -0.760. The van der Waals surface area contributed by atoms with Crippen molar-refractivity contribution >= 4 is 5.91 Å². The van der Waals surface area contributed by atoms with Gasteiger partial charge in [-0.3, -0.25) is 9.69 Å². The maximum Gasteiger partial charge on any atom is 0.255 e. The second-order valence-electron chi connectivity index (χ2n) is 6.64. The highest BCUT2D eigenvalue weighted by Crippen LogP contribution is 2.32. The van der Waals surface area contributed by atoms with E-state index < -0.39 is 17.2 Å². The smallest absolute Gasteiger partial charge is 0.255 e. The number of rotatable bonds is 5. The fraction of sp³-hybridized carbons (Fsp3) is 0.611. The van der Waals surface area contributed by atoms with E-state index in [9.17, 15) is 13.6 Å². The van der Waals surface area contributed by atoms with Crippen molar-refractivity contribution in [2.45, 2.75) is 25.0 Å². The van der Waals surface area contributed by atoms with Gasteiger partial charge in [0.2, 0.25) is 0 Å². The van der Waals surface area contributed by atoms with Gasteiger partial charge >= 0.3 is 0 Å². The number of amides is 1. The van der Waals surface area contributed by atoms with Gasteiger partial charge in [0.05, 0.1) is 13.2 Å². The fourth-order valence-corrected chi connectivity index (χ4v) is 3.54. The van der Waals surface area contributed by atoms with Gasteiger partial charge in [-0.1, -0.05) is 6.07 Å². The lowest BCUT2D eigenvalue weighted by molar-refractivity contribution is -0.180. The summed E-state index contributed by atoms with van der Waals surface area (Å²) in [5.74, 6) is -1.07. The number of ether oxygens (including phenoxy) is 2. The number of piperidine rings is 1. The van der Waals surface area contributed by atoms with Crippen LogP contribution >= 0.6 is 0 Å². The van der Waals surface area contributed by atoms with Gasteiger partial charge in [0.15, 0.2) is 0 Å². The summed E-state index contributed by atoms with van der Waals surface area (Å²) in [4.78, 5) is 16.7. The lowest BCUT2D eigenvalue weighted by Gasteiger charge is -2.46. The lowest BCUT2D eigenvalue weighted by Crippen LogP contribution is -2.61. The van der Waals surface area contributed by atoms with E-state index in [0.717, 1.165) is 6.07 Å². The minimum absolute atomic E-state index is 0.0309. The zero-order chi connectivity index (χ0) is 17.9. The highest BCUT2D eigenvalue weighted by Gasteiger charge is 2.47. The average molecular weight is 354 g/mol. The first kappa shape index (κ1) is 18.2. The highest BCUT2D eigenvalue weighted by molar-refractivity contribution is 5.86. The summed E-state index contributed by atoms with van der Waals surface area (Å²) in [6.07, 6.45) is 1.16. The predicted molar refractivity (Wildman–Crippen MR) is 88.0 cm³/mol. The number of benzene rings is 1. The summed E-state index contributed by atoms with van der Waals surface area (Å²) >= 11 is 0. The summed E-state index contributed by atoms with van der Waals surface area (Å²) in [6.45, 7) is 3.89. The van der Waals surface area contributed by atoms with Crippen LogP contribution in [-0.4, -0.2) is 67.8 Å². The predicted octanol–water partition coefficient (Wildman–Crippen LogP) is 1.80. The number of halogens is 2. The molecular weight excluding hydrogens is 330 g/mol. The number of carbonyl (C=O) groups is 1. The quantitative estimate of drug-likeness (QED) is 0.809. The molecule has 2 saturated heterocycles. The molecule has 3 rings (SSSR count). The monoisotopic (exact) mass is 354 g/mol. The van der Waals surface area contributed by atoms with Crippen LogP contribution in [0.4, 0.5) is 8.78 Å². The van der Waals surface area contributed by atoms with E-state index in [1.165, 1.54) is 12.1 Å². The Hall–Kier alpha value is -1.57. The van der Waals surface area contributed by atoms with Crippen molar-refractivity contribution in [2.75, 3.05) is 46.5 Å². The highest BCUT2D eigenvalue weighted by atomic mass is 19.1. The molecule has 7 heteroatoms. The second-order valence-corrected chi connectivity index (χ2v) is 6.64. The Morgan fingerprint density at radius 3 is 2.68 bits per heavy atom. The van der Waals surface area contributed by atoms with Crippen molar-refractivity contribution in [3.8, 4) is 0 Å². The van der Waals surface area contributed by atoms with Gasteiger partial charge in [0.25, 0.3) is 5.91 Å². The lowest BCUT2D eigenvalue weighted by atomic mass is 9.88. The summed E-state index contributed by atoms with van der Waals surface area (Å²) in [6, 6.07) is 3.65. The fourth-order valence-electron chi connectivity index (χ4n) is 3.54. The van der Waals surface area contributed by atoms with E-state index in [0.29, 0.717) is 64.3 Å². The molecular formula is C18H24F2N2O3. The van der Waals surface area contributed by atoms with Crippen LogP contribution in [0.1, 0.15) is 18.4 Å². The Morgan fingerprint density at radius 1 is 1.24 bits per heavy atom. The van der Waals surface area contributed by atoms with Crippen LogP contribution in [0.3, 0.4) is 0 Å². The number of methoxy groups -OCH3 is 1. The Morgan fingerprint density at radius 2 is 2.00 bits per heavy atom. The van der Waals surface area contributed by atoms with E-state index in [1.54, 1.807) is 7.11 Å². The molecule has 0 atom stereocenters. The van der Waals surface area contributed by atoms with Crippen molar-refractivity contribution in [3.05, 3.63) is 35.4 Å². The molecule has 138 valence electrons. The van der Waals surface area contributed by atoms with E-state index in [4.69, 9.17) is 9.47 Å². The van der Waals surface area contributed by atoms with Crippen molar-refractivity contribution < 1.29 is 23.0 Å². The number of likely N-dealkylation sites (tertiary alicyclic amines) is 1. The second kappa shape index (κ2) is 7.76. The van der Waals surface area contributed by atoms with Crippen LogP contribution in [0.2, 0.25) is 0 Å². The Labute approximate surface area is 146 Å². The van der Waals surface area contributed by atoms with Gasteiger partial charge in [0, 0.05) is 51.5 Å². The molecule has 0 radical (unpaired) electrons. The van der Waals surface area contributed by atoms with Crippen LogP contribution in [-0.2, 0) is 20.8 Å². The van der Waals surface area contributed by atoms with Crippen LogP contribution in [0.5, 0.6) is 0 Å². The standard InChI is InChI=1S/C18H24F2N2O3/c1-24-10-8-22-9-11-25-18(17(22)23)4-6-21(7-5-18)13-14-2-3-15(19)12-16(14)20/h2-3,12H,4-11,13H2,1H3. The molecule has 25 heavy (non-hydrogen) atoms. The molecule has 0 aliphatic carbocycles. The molecule has 0 unspecified atom stereocenters. The van der Waals surface area contributed by atoms with E-state index >= 15 is 0 Å². The first-order chi connectivity index (χ1) is 12.0. The molecule has 1 amide bonds. The summed E-state index contributed by atoms with van der Waals surface area (Å²) in [5.41, 5.74) is -0.293. The van der Waals surface area contributed by atoms with Crippen LogP contribution in [0, 0.1) is 11.6 Å². The zero-order valence-corrected chi connectivity index (χ0v) is 14.5. The topological polar surface area (TPSA) is 42.0 Å². The van der Waals surface area contributed by atoms with E-state index in [2.05, 4.69) is 4.90 Å². The minimum Gasteiger partial charge on any atom is -0.383 e. The third-order valence-electron chi connectivity index (χ3n) is 5.05. The third kappa shape index (κ3) is 3.99. The van der Waals surface area contributed by atoms with Gasteiger partial charge in [0.1, 0.15) is 17.2 Å². The average Bonchev–Trinajstić information content (AvgIpc) is 2.61. The molecule has 1 aromatic carbocycles. The first-order valence-electron chi connectivity index (χ1n) is 8.63. The largest absolute Gasteiger partial charge is 0.383 e. The number of carbonyl (C=O) groups excluding carboxylic acids is 1. The molecule has 0 saturated carbocycles. The normalized spacial score (nSPS) is 21.1. The number of hydrogen-bond acceptors (Lipinski definition) is 4. The molecule has 1 spiro atoms. The SMILES string of the molecule is COCCN1CCOC2(CCN(Cc3ccc(F)cc3F)CC2)C1=O. The van der Waals surface area contributed by atoms with Crippen LogP contribution in [0.25, 0.3) is 0 Å². The Bertz CT molecular complexity index is 618. The molecule has 2 aliphatic heterocycles. The zero-order valence-electron chi connectivity index (χ0n) is 14.5. The van der Waals surface area contributed by atoms with Gasteiger partial charge in [-0.2, -0.15) is 0 Å². The number of morpholine rings is 1. The first-order valence-corrected chi connectivity index (χ1v) is 8.63. The van der Waals surface area contributed by atoms with Crippen molar-refractivity contribution in [1.82, 2.24) is 9.80 Å². The summed E-state index contributed by atoms with van der Waals surface area (Å²) < 4.78 is 37.8. The summed E-state index contributed by atoms with van der Waals surface area (Å²) in [5, 5.41) is 0. The van der Waals surface area contributed by atoms with Gasteiger partial charge in [-0.25, -0.2) is 8.78 Å². The van der Waals surface area contributed by atoms with Gasteiger partial charge < -0.3 is 14.4 Å². The number of hydrogen-bond donors (Lipinski definition) is 0. The molecule has 0 N–H and O–H groups in total. The van der Waals surface area contributed by atoms with Gasteiger partial charge in [-0.05, 0) is 18.9 Å².